The Bertz CT molecular complexity index is 1130. The fourth-order valence-electron chi connectivity index (χ4n) is 3.65. The highest BCUT2D eigenvalue weighted by Crippen LogP contribution is 2.25. The van der Waals surface area contributed by atoms with Gasteiger partial charge in [0, 0.05) is 31.8 Å². The third kappa shape index (κ3) is 2.58. The van der Waals surface area contributed by atoms with E-state index >= 15 is 0 Å². The van der Waals surface area contributed by atoms with Crippen molar-refractivity contribution in [2.75, 3.05) is 0 Å². The third-order valence-corrected chi connectivity index (χ3v) is 5.06. The topological polar surface area (TPSA) is 74.0 Å². The van der Waals surface area contributed by atoms with E-state index in [1.165, 1.54) is 15.3 Å². The number of aromatic nitrogens is 3. The number of ketones is 1. The molecule has 2 aromatic heterocycles. The van der Waals surface area contributed by atoms with Gasteiger partial charge in [-0.15, -0.1) is 0 Å². The molecule has 4 rings (SSSR count). The molecule has 1 aliphatic rings. The quantitative estimate of drug-likeness (QED) is 0.723. The molecule has 1 aliphatic carbocycles. The molecule has 132 valence electrons. The van der Waals surface area contributed by atoms with Crippen LogP contribution < -0.4 is 11.2 Å². The second-order valence-electron chi connectivity index (χ2n) is 6.66. The molecule has 0 fully saturated rings. The van der Waals surface area contributed by atoms with E-state index in [1.54, 1.807) is 7.05 Å². The number of nitrogens with zero attached hydrogens (tertiary/aromatic N) is 3. The maximum absolute atomic E-state index is 13.1. The summed E-state index contributed by atoms with van der Waals surface area (Å²) in [6.07, 6.45) is 3.95. The summed E-state index contributed by atoms with van der Waals surface area (Å²) in [6.45, 7) is 0.295. The Labute approximate surface area is 149 Å². The van der Waals surface area contributed by atoms with Crippen LogP contribution in [0.1, 0.15) is 34.3 Å². The van der Waals surface area contributed by atoms with Crippen molar-refractivity contribution in [2.24, 2.45) is 7.05 Å². The number of hydrogen-bond acceptors (Lipinski definition) is 4. The van der Waals surface area contributed by atoms with Gasteiger partial charge in [0.05, 0.1) is 5.39 Å². The highest BCUT2D eigenvalue weighted by Gasteiger charge is 2.24. The lowest BCUT2D eigenvalue weighted by molar-refractivity contribution is 0.0972. The van der Waals surface area contributed by atoms with Crippen molar-refractivity contribution in [1.82, 2.24) is 14.1 Å². The van der Waals surface area contributed by atoms with Crippen LogP contribution in [0, 0.1) is 0 Å². The molecule has 0 aliphatic heterocycles. The molecular weight excluding hydrogens is 330 g/mol. The lowest BCUT2D eigenvalue weighted by Gasteiger charge is -2.18. The molecule has 2 heterocycles. The fraction of sp³-hybridized carbons (Fsp3) is 0.300. The number of Topliss-reactive ketones (excluding diaryl/α,β-unsaturated/α-hetero) is 1. The van der Waals surface area contributed by atoms with Crippen LogP contribution in [-0.4, -0.2) is 19.9 Å². The van der Waals surface area contributed by atoms with E-state index in [1.807, 2.05) is 30.3 Å². The summed E-state index contributed by atoms with van der Waals surface area (Å²) in [5.74, 6) is 0.0183. The Balaban J connectivity index is 1.90. The lowest BCUT2D eigenvalue weighted by atomic mass is 9.90. The molecule has 3 aromatic rings. The second kappa shape index (κ2) is 6.37. The van der Waals surface area contributed by atoms with Gasteiger partial charge in [0.1, 0.15) is 5.65 Å². The Morgan fingerprint density at radius 1 is 1.08 bits per heavy atom. The second-order valence-corrected chi connectivity index (χ2v) is 6.66. The van der Waals surface area contributed by atoms with Crippen LogP contribution in [-0.2, 0) is 26.4 Å². The largest absolute Gasteiger partial charge is 0.332 e. The van der Waals surface area contributed by atoms with Gasteiger partial charge < -0.3 is 0 Å². The van der Waals surface area contributed by atoms with Crippen LogP contribution in [0.3, 0.4) is 0 Å². The minimum atomic E-state index is -0.381. The van der Waals surface area contributed by atoms with Gasteiger partial charge in [-0.1, -0.05) is 30.3 Å². The van der Waals surface area contributed by atoms with Gasteiger partial charge >= 0.3 is 5.69 Å². The first-order valence-corrected chi connectivity index (χ1v) is 8.76. The van der Waals surface area contributed by atoms with Crippen molar-refractivity contribution in [1.29, 1.82) is 0 Å². The Hall–Kier alpha value is -3.02. The van der Waals surface area contributed by atoms with Crippen LogP contribution in [0.4, 0.5) is 0 Å². The number of aryl methyl sites for hydroxylation is 3. The van der Waals surface area contributed by atoms with Gasteiger partial charge in [-0.25, -0.2) is 9.78 Å². The third-order valence-electron chi connectivity index (χ3n) is 5.06. The maximum Gasteiger partial charge on any atom is 0.332 e. The number of hydrogen-bond donors (Lipinski definition) is 0. The molecule has 1 aromatic carbocycles. The van der Waals surface area contributed by atoms with E-state index in [0.29, 0.717) is 42.4 Å². The van der Waals surface area contributed by atoms with Crippen LogP contribution in [0.2, 0.25) is 0 Å². The molecule has 0 saturated heterocycles. The molecule has 0 amide bonds. The van der Waals surface area contributed by atoms with Gasteiger partial charge in [-0.2, -0.15) is 0 Å². The molecule has 0 unspecified atom stereocenters. The van der Waals surface area contributed by atoms with Crippen molar-refractivity contribution in [3.8, 4) is 0 Å². The van der Waals surface area contributed by atoms with E-state index in [-0.39, 0.29) is 17.0 Å². The minimum Gasteiger partial charge on any atom is -0.294 e. The summed E-state index contributed by atoms with van der Waals surface area (Å²) >= 11 is 0. The zero-order valence-electron chi connectivity index (χ0n) is 14.6. The number of fused-ring (bicyclic) bond motifs is 3. The molecule has 0 spiro atoms. The van der Waals surface area contributed by atoms with E-state index in [4.69, 9.17) is 0 Å². The zero-order chi connectivity index (χ0) is 18.3. The number of carbonyl (C=O) groups is 1. The van der Waals surface area contributed by atoms with Crippen LogP contribution in [0.15, 0.2) is 46.1 Å². The van der Waals surface area contributed by atoms with Crippen LogP contribution >= 0.6 is 0 Å². The molecule has 0 atom stereocenters. The molecule has 0 N–H and O–H groups in total. The number of carbonyl (C=O) groups excluding carboxylic acids is 1. The van der Waals surface area contributed by atoms with Gasteiger partial charge in [-0.3, -0.25) is 18.7 Å². The number of pyridine rings is 1. The Kier molecular flexibility index (Phi) is 4.03. The molecule has 0 bridgehead atoms. The van der Waals surface area contributed by atoms with Crippen molar-refractivity contribution in [3.63, 3.8) is 0 Å². The summed E-state index contributed by atoms with van der Waals surface area (Å²) in [4.78, 5) is 42.2. The first kappa shape index (κ1) is 16.4. The molecule has 0 saturated carbocycles. The standard InChI is InChI=1S/C20H19N3O3/c1-22-18-17(14-8-5-9-16(24)15(14)12-21-18)19(25)23(20(22)26)11-10-13-6-3-2-4-7-13/h2-4,6-7,12H,5,8-11H2,1H3. The van der Waals surface area contributed by atoms with E-state index in [9.17, 15) is 14.4 Å². The number of benzene rings is 1. The van der Waals surface area contributed by atoms with Gasteiger partial charge in [0.2, 0.25) is 0 Å². The van der Waals surface area contributed by atoms with Gasteiger partial charge in [0.15, 0.2) is 5.78 Å². The summed E-state index contributed by atoms with van der Waals surface area (Å²) in [6, 6.07) is 9.74. The zero-order valence-corrected chi connectivity index (χ0v) is 14.6. The lowest BCUT2D eigenvalue weighted by Crippen LogP contribution is -2.40. The predicted molar refractivity (Wildman–Crippen MR) is 98.7 cm³/mol. The molecule has 6 nitrogen and oxygen atoms in total. The SMILES string of the molecule is Cn1c(=O)n(CCc2ccccc2)c(=O)c2c3c(cnc21)C(=O)CCC3. The Morgan fingerprint density at radius 3 is 2.62 bits per heavy atom. The highest BCUT2D eigenvalue weighted by atomic mass is 16.2. The van der Waals surface area contributed by atoms with Crippen molar-refractivity contribution in [2.45, 2.75) is 32.2 Å². The molecule has 0 radical (unpaired) electrons. The van der Waals surface area contributed by atoms with Crippen LogP contribution in [0.25, 0.3) is 11.0 Å². The molecular formula is C20H19N3O3. The normalized spacial score (nSPS) is 13.8. The minimum absolute atomic E-state index is 0.0183. The maximum atomic E-state index is 13.1. The summed E-state index contributed by atoms with van der Waals surface area (Å²) < 4.78 is 2.66. The van der Waals surface area contributed by atoms with E-state index in [2.05, 4.69) is 4.98 Å². The average Bonchev–Trinajstić information content (AvgIpc) is 2.66. The van der Waals surface area contributed by atoms with Crippen LogP contribution in [0.5, 0.6) is 0 Å². The van der Waals surface area contributed by atoms with E-state index < -0.39 is 0 Å². The number of rotatable bonds is 3. The van der Waals surface area contributed by atoms with Crippen molar-refractivity contribution < 1.29 is 4.79 Å². The average molecular weight is 349 g/mol. The fourth-order valence-corrected chi connectivity index (χ4v) is 3.65. The smallest absolute Gasteiger partial charge is 0.294 e. The van der Waals surface area contributed by atoms with Crippen molar-refractivity contribution >= 4 is 16.8 Å². The first-order valence-electron chi connectivity index (χ1n) is 8.76. The highest BCUT2D eigenvalue weighted by molar-refractivity contribution is 6.01. The van der Waals surface area contributed by atoms with Crippen molar-refractivity contribution in [3.05, 3.63) is 74.1 Å². The summed E-state index contributed by atoms with van der Waals surface area (Å²) in [7, 11) is 1.62. The first-order chi connectivity index (χ1) is 12.6. The summed E-state index contributed by atoms with van der Waals surface area (Å²) in [5.41, 5.74) is 1.94. The van der Waals surface area contributed by atoms with E-state index in [0.717, 1.165) is 17.5 Å². The monoisotopic (exact) mass is 349 g/mol. The van der Waals surface area contributed by atoms with Gasteiger partial charge in [-0.05, 0) is 30.4 Å². The summed E-state index contributed by atoms with van der Waals surface area (Å²) in [5, 5.41) is 0.408. The molecule has 26 heavy (non-hydrogen) atoms. The predicted octanol–water partition coefficient (Wildman–Crippen LogP) is 1.86. The van der Waals surface area contributed by atoms with Gasteiger partial charge in [0.25, 0.3) is 5.56 Å². The Morgan fingerprint density at radius 2 is 1.85 bits per heavy atom. The molecule has 6 heteroatoms.